The molecule has 0 fully saturated rings. The maximum absolute atomic E-state index is 11.3. The maximum Gasteiger partial charge on any atom is 0.372 e. The molecule has 0 unspecified atom stereocenters. The quantitative estimate of drug-likeness (QED) is 0.0521. The number of rotatable bonds is 32. The number of aliphatic carboxylic acids is 2. The molecule has 0 aromatic carbocycles. The van der Waals surface area contributed by atoms with Crippen molar-refractivity contribution in [3.05, 3.63) is 0 Å². The predicted octanol–water partition coefficient (Wildman–Crippen LogP) is -0.943. The molecule has 248 valence electrons. The summed E-state index contributed by atoms with van der Waals surface area (Å²) in [5.74, 6) is -6.56. The Kier molecular flexibility index (Phi) is 27.0. The van der Waals surface area contributed by atoms with Crippen molar-refractivity contribution in [3.63, 3.8) is 0 Å². The van der Waals surface area contributed by atoms with Crippen LogP contribution in [0.4, 0.5) is 0 Å². The number of carbonyl (C=O) groups excluding carboxylic acids is 4. The maximum atomic E-state index is 11.3. The molecular weight excluding hydrogens is 584 g/mol. The fraction of sp³-hybridized carbons (Fsp3) is 0.769. The molecule has 0 aromatic rings. The number of hydrogen-bond donors (Lipinski definition) is 2. The molecule has 0 aliphatic carbocycles. The minimum absolute atomic E-state index is 0.00469. The largest absolute Gasteiger partial charge is 0.476 e. The lowest BCUT2D eigenvalue weighted by atomic mass is 10.2. The molecule has 0 heterocycles. The monoisotopic (exact) mass is 626 g/mol. The van der Waals surface area contributed by atoms with Gasteiger partial charge in [0.2, 0.25) is 11.6 Å². The first-order valence-electron chi connectivity index (χ1n) is 13.6. The average Bonchev–Trinajstić information content (AvgIpc) is 2.98. The van der Waals surface area contributed by atoms with E-state index in [2.05, 4.69) is 0 Å². The molecule has 0 saturated heterocycles. The van der Waals surface area contributed by atoms with Crippen molar-refractivity contribution in [2.24, 2.45) is 0 Å². The molecule has 2 N–H and O–H groups in total. The molecule has 17 nitrogen and oxygen atoms in total. The van der Waals surface area contributed by atoms with Crippen LogP contribution in [0, 0.1) is 0 Å². The molecule has 0 rings (SSSR count). The second-order valence-corrected chi connectivity index (χ2v) is 8.18. The van der Waals surface area contributed by atoms with Gasteiger partial charge < -0.3 is 52.8 Å². The standard InChI is InChI=1S/C26H42O17/c27-21(25(31)32)1-3-23(29)42-19-17-40-15-13-38-11-9-36-7-5-35-6-8-37-10-12-39-14-16-41-18-20-43-24(30)4-2-22(28)26(33)34/h1-20H2,(H,31,32)(H,33,34). The van der Waals surface area contributed by atoms with Gasteiger partial charge in [-0.3, -0.25) is 19.2 Å². The van der Waals surface area contributed by atoms with Gasteiger partial charge in [0, 0.05) is 12.8 Å². The van der Waals surface area contributed by atoms with Crippen LogP contribution in [0.2, 0.25) is 0 Å². The Hall–Kier alpha value is -3.06. The van der Waals surface area contributed by atoms with Gasteiger partial charge in [-0.25, -0.2) is 9.59 Å². The van der Waals surface area contributed by atoms with Crippen LogP contribution in [-0.4, -0.2) is 151 Å². The number of Topliss-reactive ketones (excluding diaryl/α,β-unsaturated/α-hetero) is 2. The number of carbonyl (C=O) groups is 6. The minimum Gasteiger partial charge on any atom is -0.476 e. The van der Waals surface area contributed by atoms with E-state index in [-0.39, 0.29) is 39.3 Å². The number of carboxylic acids is 2. The molecule has 0 radical (unpaired) electrons. The fourth-order valence-electron chi connectivity index (χ4n) is 2.64. The molecule has 0 bridgehead atoms. The van der Waals surface area contributed by atoms with Crippen LogP contribution in [0.3, 0.4) is 0 Å². The summed E-state index contributed by atoms with van der Waals surface area (Å²) in [6.07, 6.45) is -1.38. The highest BCUT2D eigenvalue weighted by Crippen LogP contribution is 1.96. The molecule has 0 aliphatic heterocycles. The lowest BCUT2D eigenvalue weighted by Crippen LogP contribution is -2.17. The van der Waals surface area contributed by atoms with Gasteiger partial charge >= 0.3 is 23.9 Å². The second kappa shape index (κ2) is 29.0. The molecule has 0 spiro atoms. The predicted molar refractivity (Wildman–Crippen MR) is 141 cm³/mol. The molecule has 0 amide bonds. The summed E-state index contributed by atoms with van der Waals surface area (Å²) in [4.78, 5) is 65.1. The Labute approximate surface area is 248 Å². The van der Waals surface area contributed by atoms with Gasteiger partial charge in [0.15, 0.2) is 0 Å². The van der Waals surface area contributed by atoms with E-state index >= 15 is 0 Å². The number of ether oxygens (including phenoxy) is 9. The van der Waals surface area contributed by atoms with Gasteiger partial charge in [0.05, 0.1) is 105 Å². The third-order valence-corrected chi connectivity index (χ3v) is 4.80. The van der Waals surface area contributed by atoms with Crippen LogP contribution in [0.1, 0.15) is 25.7 Å². The summed E-state index contributed by atoms with van der Waals surface area (Å²) in [5, 5.41) is 16.8. The minimum atomic E-state index is -1.58. The van der Waals surface area contributed by atoms with Gasteiger partial charge in [0.25, 0.3) is 0 Å². The van der Waals surface area contributed by atoms with E-state index in [0.717, 1.165) is 0 Å². The normalized spacial score (nSPS) is 10.8. The summed E-state index contributed by atoms with van der Waals surface area (Å²) in [6.45, 7) is 4.65. The topological polar surface area (TPSA) is 226 Å². The van der Waals surface area contributed by atoms with E-state index < -0.39 is 48.3 Å². The Morgan fingerprint density at radius 3 is 0.744 bits per heavy atom. The van der Waals surface area contributed by atoms with Gasteiger partial charge in [-0.15, -0.1) is 0 Å². The lowest BCUT2D eigenvalue weighted by molar-refractivity contribution is -0.151. The SMILES string of the molecule is O=C(CCC(=O)C(=O)O)OCCOCCOCCOCCOCCOCCOCCOCCOC(=O)CCC(=O)C(=O)O. The average molecular weight is 627 g/mol. The van der Waals surface area contributed by atoms with Crippen LogP contribution in [0.15, 0.2) is 0 Å². The van der Waals surface area contributed by atoms with Crippen molar-refractivity contribution in [1.29, 1.82) is 0 Å². The van der Waals surface area contributed by atoms with E-state index in [1.807, 2.05) is 0 Å². The van der Waals surface area contributed by atoms with E-state index in [9.17, 15) is 28.8 Å². The first-order chi connectivity index (χ1) is 20.7. The van der Waals surface area contributed by atoms with Crippen LogP contribution in [-0.2, 0) is 71.4 Å². The zero-order valence-corrected chi connectivity index (χ0v) is 24.2. The molecule has 17 heteroatoms. The molecule has 0 saturated carbocycles. The van der Waals surface area contributed by atoms with E-state index in [1.54, 1.807) is 0 Å². The number of hydrogen-bond acceptors (Lipinski definition) is 15. The zero-order valence-electron chi connectivity index (χ0n) is 24.2. The zero-order chi connectivity index (χ0) is 32.0. The Morgan fingerprint density at radius 2 is 0.535 bits per heavy atom. The smallest absolute Gasteiger partial charge is 0.372 e. The number of ketones is 2. The molecule has 43 heavy (non-hydrogen) atoms. The van der Waals surface area contributed by atoms with Crippen LogP contribution < -0.4 is 0 Å². The second-order valence-electron chi connectivity index (χ2n) is 8.18. The lowest BCUT2D eigenvalue weighted by Gasteiger charge is -2.09. The van der Waals surface area contributed by atoms with Crippen LogP contribution in [0.25, 0.3) is 0 Å². The van der Waals surface area contributed by atoms with Crippen molar-refractivity contribution < 1.29 is 81.6 Å². The number of esters is 2. The van der Waals surface area contributed by atoms with E-state index in [0.29, 0.717) is 79.3 Å². The first-order valence-corrected chi connectivity index (χ1v) is 13.6. The van der Waals surface area contributed by atoms with Gasteiger partial charge in [0.1, 0.15) is 13.2 Å². The van der Waals surface area contributed by atoms with Crippen LogP contribution >= 0.6 is 0 Å². The van der Waals surface area contributed by atoms with Crippen molar-refractivity contribution >= 4 is 35.4 Å². The van der Waals surface area contributed by atoms with Crippen molar-refractivity contribution in [3.8, 4) is 0 Å². The van der Waals surface area contributed by atoms with E-state index in [4.69, 9.17) is 52.8 Å². The highest BCUT2D eigenvalue weighted by atomic mass is 16.6. The first kappa shape index (κ1) is 39.9. The summed E-state index contributed by atoms with van der Waals surface area (Å²) in [6, 6.07) is 0. The van der Waals surface area contributed by atoms with Crippen molar-refractivity contribution in [2.45, 2.75) is 25.7 Å². The summed E-state index contributed by atoms with van der Waals surface area (Å²) in [7, 11) is 0. The van der Waals surface area contributed by atoms with Crippen molar-refractivity contribution in [2.75, 3.05) is 106 Å². The molecule has 0 aliphatic rings. The Bertz CT molecular complexity index is 737. The number of carboxylic acid groups (broad SMARTS) is 2. The fourth-order valence-corrected chi connectivity index (χ4v) is 2.64. The van der Waals surface area contributed by atoms with Crippen LogP contribution in [0.5, 0.6) is 0 Å². The van der Waals surface area contributed by atoms with Gasteiger partial charge in [-0.2, -0.15) is 0 Å². The Morgan fingerprint density at radius 1 is 0.326 bits per heavy atom. The van der Waals surface area contributed by atoms with Gasteiger partial charge in [-0.05, 0) is 0 Å². The Balaban J connectivity index is 3.22. The van der Waals surface area contributed by atoms with E-state index in [1.165, 1.54) is 0 Å². The molecule has 0 aromatic heterocycles. The molecular formula is C26H42O17. The third kappa shape index (κ3) is 28.8. The molecule has 0 atom stereocenters. The van der Waals surface area contributed by atoms with Crippen molar-refractivity contribution in [1.82, 2.24) is 0 Å². The summed E-state index contributed by atoms with van der Waals surface area (Å²) >= 11 is 0. The third-order valence-electron chi connectivity index (χ3n) is 4.80. The highest BCUT2D eigenvalue weighted by Gasteiger charge is 2.15. The highest BCUT2D eigenvalue weighted by molar-refractivity contribution is 6.33. The summed E-state index contributed by atoms with van der Waals surface area (Å²) < 4.78 is 46.8. The van der Waals surface area contributed by atoms with Gasteiger partial charge in [-0.1, -0.05) is 0 Å². The summed E-state index contributed by atoms with van der Waals surface area (Å²) in [5.41, 5.74) is 0.